The number of carbonyl (C=O) groups is 1. The van der Waals surface area contributed by atoms with Crippen LogP contribution in [0.15, 0.2) is 24.3 Å². The Morgan fingerprint density at radius 2 is 2.19 bits per heavy atom. The first-order valence-corrected chi connectivity index (χ1v) is 4.55. The molecule has 0 atom stereocenters. The molecule has 0 fully saturated rings. The number of aryl methyl sites for hydroxylation is 1. The zero-order valence-corrected chi connectivity index (χ0v) is 8.97. The van der Waals surface area contributed by atoms with Crippen molar-refractivity contribution >= 4 is 17.7 Å². The SMILES string of the molecule is COC(=O)C=Cc1ccc(C)c([N+](=O)[O-])c1. The quantitative estimate of drug-likeness (QED) is 0.339. The van der Waals surface area contributed by atoms with E-state index in [1.807, 2.05) is 0 Å². The predicted molar refractivity (Wildman–Crippen MR) is 58.9 cm³/mol. The minimum Gasteiger partial charge on any atom is -0.466 e. The Morgan fingerprint density at radius 1 is 1.50 bits per heavy atom. The molecule has 5 nitrogen and oxygen atoms in total. The Labute approximate surface area is 92.5 Å². The molecule has 0 saturated carbocycles. The van der Waals surface area contributed by atoms with Crippen LogP contribution in [-0.4, -0.2) is 18.0 Å². The third-order valence-electron chi connectivity index (χ3n) is 2.04. The van der Waals surface area contributed by atoms with E-state index in [-0.39, 0.29) is 5.69 Å². The zero-order valence-electron chi connectivity index (χ0n) is 8.97. The minimum absolute atomic E-state index is 0.0343. The Kier molecular flexibility index (Phi) is 3.77. The van der Waals surface area contributed by atoms with E-state index in [9.17, 15) is 14.9 Å². The summed E-state index contributed by atoms with van der Waals surface area (Å²) in [5.74, 6) is -0.497. The van der Waals surface area contributed by atoms with E-state index in [0.717, 1.165) is 0 Å². The van der Waals surface area contributed by atoms with Gasteiger partial charge in [-0.3, -0.25) is 10.1 Å². The largest absolute Gasteiger partial charge is 0.466 e. The lowest BCUT2D eigenvalue weighted by molar-refractivity contribution is -0.385. The average molecular weight is 221 g/mol. The summed E-state index contributed by atoms with van der Waals surface area (Å²) in [6.07, 6.45) is 2.69. The number of hydrogen-bond acceptors (Lipinski definition) is 4. The van der Waals surface area contributed by atoms with Crippen LogP contribution in [0.2, 0.25) is 0 Å². The molecule has 0 N–H and O–H groups in total. The third kappa shape index (κ3) is 2.91. The van der Waals surface area contributed by atoms with E-state index in [1.54, 1.807) is 19.1 Å². The lowest BCUT2D eigenvalue weighted by Crippen LogP contribution is -1.94. The molecule has 0 aliphatic rings. The molecule has 0 aliphatic carbocycles. The molecule has 1 aromatic rings. The van der Waals surface area contributed by atoms with Gasteiger partial charge in [0.2, 0.25) is 0 Å². The van der Waals surface area contributed by atoms with Crippen molar-refractivity contribution in [1.29, 1.82) is 0 Å². The molecule has 1 rings (SSSR count). The highest BCUT2D eigenvalue weighted by molar-refractivity contribution is 5.87. The smallest absolute Gasteiger partial charge is 0.330 e. The number of nitro groups is 1. The highest BCUT2D eigenvalue weighted by Gasteiger charge is 2.09. The molecule has 5 heteroatoms. The summed E-state index contributed by atoms with van der Waals surface area (Å²) < 4.78 is 4.41. The summed E-state index contributed by atoms with van der Waals surface area (Å²) in [6, 6.07) is 4.74. The second kappa shape index (κ2) is 5.06. The summed E-state index contributed by atoms with van der Waals surface area (Å²) in [4.78, 5) is 21.0. The van der Waals surface area contributed by atoms with Gasteiger partial charge in [-0.05, 0) is 18.6 Å². The molecule has 0 unspecified atom stereocenters. The van der Waals surface area contributed by atoms with E-state index >= 15 is 0 Å². The van der Waals surface area contributed by atoms with Crippen LogP contribution in [0.5, 0.6) is 0 Å². The van der Waals surface area contributed by atoms with E-state index < -0.39 is 10.9 Å². The lowest BCUT2D eigenvalue weighted by Gasteiger charge is -1.98. The molecular formula is C11H11NO4. The van der Waals surface area contributed by atoms with Gasteiger partial charge in [0.15, 0.2) is 0 Å². The van der Waals surface area contributed by atoms with E-state index in [0.29, 0.717) is 11.1 Å². The van der Waals surface area contributed by atoms with Gasteiger partial charge in [-0.2, -0.15) is 0 Å². The maximum atomic E-state index is 10.8. The summed E-state index contributed by atoms with van der Waals surface area (Å²) in [5, 5.41) is 10.7. The van der Waals surface area contributed by atoms with E-state index in [4.69, 9.17) is 0 Å². The van der Waals surface area contributed by atoms with Crippen LogP contribution in [0.1, 0.15) is 11.1 Å². The number of rotatable bonds is 3. The Morgan fingerprint density at radius 3 is 2.75 bits per heavy atom. The fourth-order valence-electron chi connectivity index (χ4n) is 1.16. The van der Waals surface area contributed by atoms with Crippen molar-refractivity contribution in [2.75, 3.05) is 7.11 Å². The van der Waals surface area contributed by atoms with Gasteiger partial charge in [0, 0.05) is 17.7 Å². The van der Waals surface area contributed by atoms with Crippen molar-refractivity contribution in [2.24, 2.45) is 0 Å². The number of nitrogens with zero attached hydrogens (tertiary/aromatic N) is 1. The molecule has 0 bridgehead atoms. The van der Waals surface area contributed by atoms with Crippen molar-refractivity contribution in [3.8, 4) is 0 Å². The third-order valence-corrected chi connectivity index (χ3v) is 2.04. The van der Waals surface area contributed by atoms with Crippen molar-refractivity contribution in [3.05, 3.63) is 45.5 Å². The van der Waals surface area contributed by atoms with Crippen LogP contribution < -0.4 is 0 Å². The second-order valence-corrected chi connectivity index (χ2v) is 3.16. The monoisotopic (exact) mass is 221 g/mol. The summed E-state index contributed by atoms with van der Waals surface area (Å²) in [6.45, 7) is 1.66. The van der Waals surface area contributed by atoms with Gasteiger partial charge in [0.25, 0.3) is 5.69 Å². The Hall–Kier alpha value is -2.17. The highest BCUT2D eigenvalue weighted by atomic mass is 16.6. The first-order valence-electron chi connectivity index (χ1n) is 4.55. The van der Waals surface area contributed by atoms with E-state index in [2.05, 4.69) is 4.74 Å². The molecule has 0 radical (unpaired) electrons. The maximum Gasteiger partial charge on any atom is 0.330 e. The molecule has 0 spiro atoms. The van der Waals surface area contributed by atoms with Crippen LogP contribution in [0.4, 0.5) is 5.69 Å². The fourth-order valence-corrected chi connectivity index (χ4v) is 1.16. The van der Waals surface area contributed by atoms with Gasteiger partial charge >= 0.3 is 5.97 Å². The lowest BCUT2D eigenvalue weighted by atomic mass is 10.1. The summed E-state index contributed by atoms with van der Waals surface area (Å²) in [5.41, 5.74) is 1.20. The number of ether oxygens (including phenoxy) is 1. The van der Waals surface area contributed by atoms with Gasteiger partial charge in [-0.25, -0.2) is 4.79 Å². The number of carbonyl (C=O) groups excluding carboxylic acids is 1. The number of benzene rings is 1. The number of nitro benzene ring substituents is 1. The van der Waals surface area contributed by atoms with Gasteiger partial charge in [-0.15, -0.1) is 0 Å². The summed E-state index contributed by atoms with van der Waals surface area (Å²) in [7, 11) is 1.27. The zero-order chi connectivity index (χ0) is 12.1. The summed E-state index contributed by atoms with van der Waals surface area (Å²) >= 11 is 0. The highest BCUT2D eigenvalue weighted by Crippen LogP contribution is 2.19. The first-order chi connectivity index (χ1) is 7.54. The van der Waals surface area contributed by atoms with Crippen molar-refractivity contribution in [2.45, 2.75) is 6.92 Å². The van der Waals surface area contributed by atoms with Crippen LogP contribution >= 0.6 is 0 Å². The molecule has 0 amide bonds. The molecule has 84 valence electrons. The molecule has 0 aliphatic heterocycles. The molecule has 16 heavy (non-hydrogen) atoms. The first kappa shape index (κ1) is 11.9. The minimum atomic E-state index is -0.497. The number of methoxy groups -OCH3 is 1. The van der Waals surface area contributed by atoms with Crippen LogP contribution in [-0.2, 0) is 9.53 Å². The molecule has 0 heterocycles. The van der Waals surface area contributed by atoms with Crippen LogP contribution in [0.25, 0.3) is 6.08 Å². The predicted octanol–water partition coefficient (Wildman–Crippen LogP) is 2.09. The Balaban J connectivity index is 2.99. The average Bonchev–Trinajstić information content (AvgIpc) is 2.27. The maximum absolute atomic E-state index is 10.8. The van der Waals surface area contributed by atoms with Crippen LogP contribution in [0.3, 0.4) is 0 Å². The normalized spacial score (nSPS) is 10.4. The van der Waals surface area contributed by atoms with Crippen LogP contribution in [0, 0.1) is 17.0 Å². The molecular weight excluding hydrogens is 210 g/mol. The van der Waals surface area contributed by atoms with Gasteiger partial charge in [0.1, 0.15) is 0 Å². The van der Waals surface area contributed by atoms with Crippen molar-refractivity contribution in [1.82, 2.24) is 0 Å². The Bertz CT molecular complexity index is 451. The van der Waals surface area contributed by atoms with Crippen molar-refractivity contribution < 1.29 is 14.5 Å². The molecule has 1 aromatic carbocycles. The van der Waals surface area contributed by atoms with Gasteiger partial charge in [-0.1, -0.05) is 12.1 Å². The molecule has 0 saturated heterocycles. The van der Waals surface area contributed by atoms with E-state index in [1.165, 1.54) is 25.3 Å². The number of esters is 1. The standard InChI is InChI=1S/C11H11NO4/c1-8-3-4-9(5-6-11(13)16-2)7-10(8)12(14)15/h3-7H,1-2H3. The van der Waals surface area contributed by atoms with Crippen molar-refractivity contribution in [3.63, 3.8) is 0 Å². The number of hydrogen-bond donors (Lipinski definition) is 0. The molecule has 0 aromatic heterocycles. The van der Waals surface area contributed by atoms with Gasteiger partial charge in [0.05, 0.1) is 12.0 Å². The van der Waals surface area contributed by atoms with Gasteiger partial charge < -0.3 is 4.74 Å². The fraction of sp³-hybridized carbons (Fsp3) is 0.182. The topological polar surface area (TPSA) is 69.4 Å². The second-order valence-electron chi connectivity index (χ2n) is 3.16.